The minimum atomic E-state index is -0.503. The summed E-state index contributed by atoms with van der Waals surface area (Å²) in [4.78, 5) is 25.1. The summed E-state index contributed by atoms with van der Waals surface area (Å²) in [7, 11) is 0. The molecule has 0 saturated carbocycles. The first-order valence-corrected chi connectivity index (χ1v) is 10.8. The van der Waals surface area contributed by atoms with E-state index in [1.165, 1.54) is 11.1 Å². The Labute approximate surface area is 197 Å². The van der Waals surface area contributed by atoms with Gasteiger partial charge in [-0.1, -0.05) is 69.5 Å². The van der Waals surface area contributed by atoms with E-state index in [2.05, 4.69) is 21.4 Å². The van der Waals surface area contributed by atoms with Crippen molar-refractivity contribution in [3.05, 3.63) is 97.9 Å². The van der Waals surface area contributed by atoms with Crippen molar-refractivity contribution < 1.29 is 14.3 Å². The van der Waals surface area contributed by atoms with Crippen LogP contribution >= 0.6 is 39.1 Å². The fraction of sp³-hybridized carbons (Fsp3) is 0.0435. The topological polar surface area (TPSA) is 58.6 Å². The molecule has 2 amide bonds. The summed E-state index contributed by atoms with van der Waals surface area (Å²) >= 11 is 16.1. The monoisotopic (exact) mass is 516 g/mol. The van der Waals surface area contributed by atoms with Crippen LogP contribution in [0.3, 0.4) is 0 Å². The lowest BCUT2D eigenvalue weighted by molar-refractivity contribution is -0.117. The Kier molecular flexibility index (Phi) is 6.32. The van der Waals surface area contributed by atoms with E-state index < -0.39 is 11.8 Å². The number of nitrogens with zero attached hydrogens (tertiary/aromatic N) is 1. The van der Waals surface area contributed by atoms with E-state index in [1.54, 1.807) is 36.4 Å². The van der Waals surface area contributed by atoms with E-state index in [1.807, 2.05) is 30.3 Å². The molecule has 3 aromatic rings. The average molecular weight is 518 g/mol. The maximum absolute atomic E-state index is 12.7. The maximum atomic E-state index is 12.7. The molecule has 31 heavy (non-hydrogen) atoms. The summed E-state index contributed by atoms with van der Waals surface area (Å²) in [6.07, 6.45) is 1.46. The second-order valence-electron chi connectivity index (χ2n) is 6.70. The van der Waals surface area contributed by atoms with Crippen LogP contribution in [0.25, 0.3) is 6.08 Å². The molecule has 0 bridgehead atoms. The molecule has 5 nitrogen and oxygen atoms in total. The predicted octanol–water partition coefficient (Wildman–Crippen LogP) is 5.80. The number of halogens is 3. The molecular weight excluding hydrogens is 503 g/mol. The molecule has 1 heterocycles. The number of hydrogen-bond donors (Lipinski definition) is 1. The molecule has 0 aromatic heterocycles. The van der Waals surface area contributed by atoms with Crippen molar-refractivity contribution in [3.8, 4) is 5.75 Å². The lowest BCUT2D eigenvalue weighted by Crippen LogP contribution is -2.35. The van der Waals surface area contributed by atoms with Gasteiger partial charge in [-0.25, -0.2) is 5.01 Å². The zero-order valence-corrected chi connectivity index (χ0v) is 19.0. The van der Waals surface area contributed by atoms with Crippen LogP contribution in [0.5, 0.6) is 5.75 Å². The number of benzene rings is 3. The van der Waals surface area contributed by atoms with Crippen LogP contribution in [0.15, 0.2) is 76.8 Å². The van der Waals surface area contributed by atoms with Gasteiger partial charge in [-0.05, 0) is 53.6 Å². The number of para-hydroxylation sites is 1. The molecule has 8 heteroatoms. The smallest absolute Gasteiger partial charge is 0.282 e. The lowest BCUT2D eigenvalue weighted by Gasteiger charge is -2.14. The third-order valence-electron chi connectivity index (χ3n) is 4.53. The van der Waals surface area contributed by atoms with Crippen molar-refractivity contribution in [1.82, 2.24) is 5.43 Å². The van der Waals surface area contributed by atoms with Crippen molar-refractivity contribution in [2.45, 2.75) is 6.61 Å². The average Bonchev–Trinajstić information content (AvgIpc) is 3.03. The number of amides is 2. The molecule has 1 saturated heterocycles. The van der Waals surface area contributed by atoms with Gasteiger partial charge in [0.05, 0.1) is 15.7 Å². The largest absolute Gasteiger partial charge is 0.486 e. The first kappa shape index (κ1) is 21.4. The maximum Gasteiger partial charge on any atom is 0.282 e. The van der Waals surface area contributed by atoms with Crippen LogP contribution in [0.1, 0.15) is 11.1 Å². The Morgan fingerprint density at radius 2 is 1.61 bits per heavy atom. The molecule has 156 valence electrons. The highest BCUT2D eigenvalue weighted by Gasteiger charge is 2.34. The highest BCUT2D eigenvalue weighted by Crippen LogP contribution is 2.36. The van der Waals surface area contributed by atoms with Gasteiger partial charge in [0.15, 0.2) is 5.75 Å². The summed E-state index contributed by atoms with van der Waals surface area (Å²) in [5.41, 5.74) is 4.58. The number of hydrazine groups is 1. The zero-order chi connectivity index (χ0) is 22.0. The summed E-state index contributed by atoms with van der Waals surface area (Å²) in [5.74, 6) is -0.628. The van der Waals surface area contributed by atoms with Gasteiger partial charge in [0.2, 0.25) is 0 Å². The Balaban J connectivity index is 1.55. The first-order chi connectivity index (χ1) is 14.9. The first-order valence-electron chi connectivity index (χ1n) is 9.21. The molecule has 0 radical (unpaired) electrons. The van der Waals surface area contributed by atoms with Crippen molar-refractivity contribution >= 4 is 62.7 Å². The van der Waals surface area contributed by atoms with Crippen molar-refractivity contribution in [1.29, 1.82) is 0 Å². The fourth-order valence-electron chi connectivity index (χ4n) is 3.02. The minimum Gasteiger partial charge on any atom is -0.486 e. The zero-order valence-electron chi connectivity index (χ0n) is 15.9. The van der Waals surface area contributed by atoms with E-state index in [0.717, 1.165) is 10.0 Å². The number of rotatable bonds is 5. The molecule has 1 N–H and O–H groups in total. The second-order valence-corrected chi connectivity index (χ2v) is 8.43. The van der Waals surface area contributed by atoms with Crippen LogP contribution in [-0.2, 0) is 16.2 Å². The van der Waals surface area contributed by atoms with E-state index in [9.17, 15) is 9.59 Å². The SMILES string of the molecule is O=C1NN(c2ccccc2)C(=O)/C1=C\c1cc(Cl)c(OCc2ccc(Br)cc2)c(Cl)c1. The Bertz CT molecular complexity index is 1160. The summed E-state index contributed by atoms with van der Waals surface area (Å²) in [6, 6.07) is 19.7. The minimum absolute atomic E-state index is 0.0143. The quantitative estimate of drug-likeness (QED) is 0.344. The van der Waals surface area contributed by atoms with Gasteiger partial charge >= 0.3 is 0 Å². The third kappa shape index (κ3) is 4.77. The Morgan fingerprint density at radius 3 is 2.26 bits per heavy atom. The Hall–Kier alpha value is -2.80. The number of carbonyl (C=O) groups is 2. The third-order valence-corrected chi connectivity index (χ3v) is 5.62. The Morgan fingerprint density at radius 1 is 0.968 bits per heavy atom. The van der Waals surface area contributed by atoms with Gasteiger partial charge in [-0.2, -0.15) is 0 Å². The molecule has 4 rings (SSSR count). The predicted molar refractivity (Wildman–Crippen MR) is 125 cm³/mol. The van der Waals surface area contributed by atoms with Crippen LogP contribution in [0.2, 0.25) is 10.0 Å². The standard InChI is InChI=1S/C23H15BrCl2N2O3/c24-16-8-6-14(7-9-16)13-31-21-19(25)11-15(12-20(21)26)10-18-22(29)27-28(23(18)30)17-4-2-1-3-5-17/h1-12H,13H2,(H,27,29)/b18-10-. The molecule has 3 aromatic carbocycles. The molecule has 0 spiro atoms. The van der Waals surface area contributed by atoms with E-state index in [0.29, 0.717) is 23.6 Å². The van der Waals surface area contributed by atoms with Gasteiger partial charge in [0.1, 0.15) is 12.2 Å². The van der Waals surface area contributed by atoms with E-state index in [-0.39, 0.29) is 15.6 Å². The molecule has 0 atom stereocenters. The molecule has 0 unspecified atom stereocenters. The lowest BCUT2D eigenvalue weighted by atomic mass is 10.1. The molecule has 1 aliphatic heterocycles. The van der Waals surface area contributed by atoms with Crippen molar-refractivity contribution in [2.24, 2.45) is 0 Å². The van der Waals surface area contributed by atoms with Gasteiger partial charge in [0.25, 0.3) is 11.8 Å². The second kappa shape index (κ2) is 9.14. The molecule has 1 aliphatic rings. The fourth-order valence-corrected chi connectivity index (χ4v) is 3.90. The van der Waals surface area contributed by atoms with Crippen LogP contribution in [0, 0.1) is 0 Å². The van der Waals surface area contributed by atoms with E-state index in [4.69, 9.17) is 27.9 Å². The van der Waals surface area contributed by atoms with Crippen LogP contribution < -0.4 is 15.2 Å². The van der Waals surface area contributed by atoms with Crippen LogP contribution in [-0.4, -0.2) is 11.8 Å². The van der Waals surface area contributed by atoms with Gasteiger partial charge in [-0.3, -0.25) is 15.0 Å². The normalized spacial score (nSPS) is 14.8. The number of hydrogen-bond acceptors (Lipinski definition) is 3. The number of ether oxygens (including phenoxy) is 1. The number of nitrogens with one attached hydrogen (secondary N) is 1. The van der Waals surface area contributed by atoms with Gasteiger partial charge < -0.3 is 4.74 Å². The van der Waals surface area contributed by atoms with Crippen molar-refractivity contribution in [2.75, 3.05) is 5.01 Å². The van der Waals surface area contributed by atoms with Crippen molar-refractivity contribution in [3.63, 3.8) is 0 Å². The molecule has 1 fully saturated rings. The summed E-state index contributed by atoms with van der Waals surface area (Å²) in [5, 5.41) is 1.76. The van der Waals surface area contributed by atoms with Gasteiger partial charge in [0, 0.05) is 4.47 Å². The molecular formula is C23H15BrCl2N2O3. The highest BCUT2D eigenvalue weighted by molar-refractivity contribution is 9.10. The number of carbonyl (C=O) groups excluding carboxylic acids is 2. The van der Waals surface area contributed by atoms with E-state index >= 15 is 0 Å². The molecule has 0 aliphatic carbocycles. The highest BCUT2D eigenvalue weighted by atomic mass is 79.9. The summed E-state index contributed by atoms with van der Waals surface area (Å²) in [6.45, 7) is 0.292. The summed E-state index contributed by atoms with van der Waals surface area (Å²) < 4.78 is 6.75. The van der Waals surface area contributed by atoms with Gasteiger partial charge in [-0.15, -0.1) is 0 Å². The van der Waals surface area contributed by atoms with Crippen LogP contribution in [0.4, 0.5) is 5.69 Å². The number of anilines is 1.